The van der Waals surface area contributed by atoms with Crippen molar-refractivity contribution in [2.45, 2.75) is 17.9 Å². The van der Waals surface area contributed by atoms with Crippen molar-refractivity contribution in [2.24, 2.45) is 4.99 Å². The first-order valence-electron chi connectivity index (χ1n) is 8.60. The maximum absolute atomic E-state index is 5.54. The Balaban J connectivity index is 1.84. The van der Waals surface area contributed by atoms with Crippen molar-refractivity contribution in [3.8, 4) is 0 Å². The third-order valence-electron chi connectivity index (χ3n) is 3.67. The number of guanidine groups is 1. The molecule has 0 amide bonds. The molecule has 5 nitrogen and oxygen atoms in total. The summed E-state index contributed by atoms with van der Waals surface area (Å²) < 4.78 is 5.54. The van der Waals surface area contributed by atoms with E-state index in [1.54, 1.807) is 6.26 Å². The molecule has 0 fully saturated rings. The van der Waals surface area contributed by atoms with Gasteiger partial charge in [0.05, 0.1) is 18.8 Å². The van der Waals surface area contributed by atoms with Gasteiger partial charge in [-0.2, -0.15) is 0 Å². The van der Waals surface area contributed by atoms with Crippen LogP contribution in [0.5, 0.6) is 0 Å². The predicted octanol–water partition coefficient (Wildman–Crippen LogP) is 3.23. The van der Waals surface area contributed by atoms with E-state index in [2.05, 4.69) is 46.7 Å². The predicted molar refractivity (Wildman–Crippen MR) is 106 cm³/mol. The molecule has 1 atom stereocenters. The Kier molecular flexibility index (Phi) is 8.42. The van der Waals surface area contributed by atoms with Gasteiger partial charge < -0.3 is 15.1 Å². The molecule has 0 aliphatic heterocycles. The second-order valence-corrected chi connectivity index (χ2v) is 6.97. The molecule has 2 N–H and O–H groups in total. The number of nitrogens with one attached hydrogen (secondary N) is 2. The van der Waals surface area contributed by atoms with Gasteiger partial charge in [-0.25, -0.2) is 0 Å². The van der Waals surface area contributed by atoms with Gasteiger partial charge in [-0.05, 0) is 45.3 Å². The fourth-order valence-electron chi connectivity index (χ4n) is 2.36. The zero-order chi connectivity index (χ0) is 17.9. The third-order valence-corrected chi connectivity index (χ3v) is 4.68. The monoisotopic (exact) mass is 360 g/mol. The highest BCUT2D eigenvalue weighted by Crippen LogP contribution is 2.19. The van der Waals surface area contributed by atoms with Crippen LogP contribution in [0.1, 0.15) is 18.7 Å². The summed E-state index contributed by atoms with van der Waals surface area (Å²) >= 11 is 1.84. The summed E-state index contributed by atoms with van der Waals surface area (Å²) in [6.45, 7) is 4.41. The summed E-state index contributed by atoms with van der Waals surface area (Å²) in [5.74, 6) is 2.77. The minimum Gasteiger partial charge on any atom is -0.468 e. The van der Waals surface area contributed by atoms with Crippen LogP contribution in [-0.4, -0.2) is 50.3 Å². The zero-order valence-corrected chi connectivity index (χ0v) is 16.1. The molecule has 136 valence electrons. The van der Waals surface area contributed by atoms with Gasteiger partial charge in [0.2, 0.25) is 0 Å². The number of nitrogens with zero attached hydrogens (tertiary/aromatic N) is 2. The maximum atomic E-state index is 5.54. The first kappa shape index (κ1) is 19.4. The summed E-state index contributed by atoms with van der Waals surface area (Å²) in [6, 6.07) is 14.5. The van der Waals surface area contributed by atoms with Crippen LogP contribution < -0.4 is 10.6 Å². The summed E-state index contributed by atoms with van der Waals surface area (Å²) in [4.78, 5) is 8.13. The molecule has 2 aromatic rings. The lowest BCUT2D eigenvalue weighted by molar-refractivity contribution is 0.265. The molecule has 1 aromatic heterocycles. The van der Waals surface area contributed by atoms with Crippen molar-refractivity contribution in [3.63, 3.8) is 0 Å². The van der Waals surface area contributed by atoms with Gasteiger partial charge in [-0.3, -0.25) is 9.89 Å². The molecule has 1 heterocycles. The highest BCUT2D eigenvalue weighted by molar-refractivity contribution is 7.99. The number of benzene rings is 1. The molecule has 25 heavy (non-hydrogen) atoms. The second kappa shape index (κ2) is 10.8. The van der Waals surface area contributed by atoms with Crippen molar-refractivity contribution in [1.82, 2.24) is 15.5 Å². The largest absolute Gasteiger partial charge is 0.468 e. The van der Waals surface area contributed by atoms with E-state index < -0.39 is 0 Å². The summed E-state index contributed by atoms with van der Waals surface area (Å²) in [5, 5.41) is 6.70. The summed E-state index contributed by atoms with van der Waals surface area (Å²) in [7, 11) is 4.08. The van der Waals surface area contributed by atoms with Gasteiger partial charge in [0.25, 0.3) is 0 Å². The first-order valence-corrected chi connectivity index (χ1v) is 9.59. The summed E-state index contributed by atoms with van der Waals surface area (Å²) in [5.41, 5.74) is 0. The minimum absolute atomic E-state index is 0.129. The van der Waals surface area contributed by atoms with Crippen LogP contribution in [0.4, 0.5) is 0 Å². The van der Waals surface area contributed by atoms with E-state index >= 15 is 0 Å². The Morgan fingerprint density at radius 2 is 1.96 bits per heavy atom. The van der Waals surface area contributed by atoms with Crippen LogP contribution in [0.15, 0.2) is 63.0 Å². The van der Waals surface area contributed by atoms with E-state index in [0.29, 0.717) is 6.54 Å². The van der Waals surface area contributed by atoms with Crippen molar-refractivity contribution in [3.05, 3.63) is 54.5 Å². The number of thioether (sulfide) groups is 1. The number of likely N-dealkylation sites (N-methyl/N-ethyl adjacent to an activating group) is 1. The lowest BCUT2D eigenvalue weighted by atomic mass is 10.2. The first-order chi connectivity index (χ1) is 12.2. The van der Waals surface area contributed by atoms with E-state index in [1.807, 2.05) is 44.1 Å². The smallest absolute Gasteiger partial charge is 0.191 e. The van der Waals surface area contributed by atoms with Crippen LogP contribution in [0.2, 0.25) is 0 Å². The van der Waals surface area contributed by atoms with Crippen LogP contribution in [0.3, 0.4) is 0 Å². The number of hydrogen-bond donors (Lipinski definition) is 2. The van der Waals surface area contributed by atoms with Crippen molar-refractivity contribution in [1.29, 1.82) is 0 Å². The number of rotatable bonds is 9. The molecule has 0 aliphatic rings. The Bertz CT molecular complexity index is 614. The lowest BCUT2D eigenvalue weighted by Crippen LogP contribution is -2.39. The normalized spacial score (nSPS) is 13.0. The Labute approximate surface area is 154 Å². The van der Waals surface area contributed by atoms with E-state index in [0.717, 1.165) is 30.6 Å². The van der Waals surface area contributed by atoms with Crippen molar-refractivity contribution < 1.29 is 4.42 Å². The Morgan fingerprint density at radius 3 is 2.60 bits per heavy atom. The molecule has 0 spiro atoms. The molecule has 1 aromatic carbocycles. The molecule has 6 heteroatoms. The minimum atomic E-state index is 0.129. The Hall–Kier alpha value is -1.92. The quantitative estimate of drug-likeness (QED) is 0.311. The lowest BCUT2D eigenvalue weighted by Gasteiger charge is -2.21. The molecule has 0 saturated heterocycles. The van der Waals surface area contributed by atoms with Gasteiger partial charge in [-0.1, -0.05) is 18.2 Å². The van der Waals surface area contributed by atoms with Gasteiger partial charge in [0, 0.05) is 23.7 Å². The van der Waals surface area contributed by atoms with E-state index in [4.69, 9.17) is 9.41 Å². The molecule has 1 unspecified atom stereocenters. The van der Waals surface area contributed by atoms with Crippen LogP contribution in [0, 0.1) is 0 Å². The van der Waals surface area contributed by atoms with E-state index in [-0.39, 0.29) is 6.04 Å². The highest BCUT2D eigenvalue weighted by Gasteiger charge is 2.16. The zero-order valence-electron chi connectivity index (χ0n) is 15.2. The Morgan fingerprint density at radius 1 is 1.16 bits per heavy atom. The molecule has 0 aliphatic carbocycles. The fourth-order valence-corrected chi connectivity index (χ4v) is 3.15. The molecule has 0 saturated carbocycles. The topological polar surface area (TPSA) is 52.8 Å². The summed E-state index contributed by atoms with van der Waals surface area (Å²) in [6.07, 6.45) is 1.71. The number of aliphatic imine (C=N–C) groups is 1. The molecular weight excluding hydrogens is 332 g/mol. The van der Waals surface area contributed by atoms with E-state index in [1.165, 1.54) is 4.90 Å². The third kappa shape index (κ3) is 6.84. The van der Waals surface area contributed by atoms with E-state index in [9.17, 15) is 0 Å². The van der Waals surface area contributed by atoms with Crippen LogP contribution in [0.25, 0.3) is 0 Å². The number of furan rings is 1. The van der Waals surface area contributed by atoms with Gasteiger partial charge >= 0.3 is 0 Å². The SMILES string of the molecule is CCNC(=NCC(c1ccco1)N(C)C)NCCSc1ccccc1. The highest BCUT2D eigenvalue weighted by atomic mass is 32.2. The van der Waals surface area contributed by atoms with Gasteiger partial charge in [-0.15, -0.1) is 11.8 Å². The maximum Gasteiger partial charge on any atom is 0.191 e. The molecule has 2 rings (SSSR count). The fraction of sp³-hybridized carbons (Fsp3) is 0.421. The van der Waals surface area contributed by atoms with Gasteiger partial charge in [0.1, 0.15) is 5.76 Å². The average Bonchev–Trinajstić information content (AvgIpc) is 3.13. The average molecular weight is 361 g/mol. The standard InChI is InChI=1S/C19H28N4OS/c1-4-20-19(21-12-14-25-16-9-6-5-7-10-16)22-15-17(23(2)3)18-11-8-13-24-18/h5-11,13,17H,4,12,14-15H2,1-3H3,(H2,20,21,22). The number of hydrogen-bond acceptors (Lipinski definition) is 4. The second-order valence-electron chi connectivity index (χ2n) is 5.80. The van der Waals surface area contributed by atoms with Crippen molar-refractivity contribution >= 4 is 17.7 Å². The molecule has 0 bridgehead atoms. The molecule has 0 radical (unpaired) electrons. The van der Waals surface area contributed by atoms with Crippen LogP contribution >= 0.6 is 11.8 Å². The molecular formula is C19H28N4OS. The van der Waals surface area contributed by atoms with Crippen molar-refractivity contribution in [2.75, 3.05) is 39.5 Å². The van der Waals surface area contributed by atoms with Crippen LogP contribution in [-0.2, 0) is 0 Å². The van der Waals surface area contributed by atoms with Gasteiger partial charge in [0.15, 0.2) is 5.96 Å².